The number of unbranched alkanes of at least 4 members (excludes halogenated alkanes) is 31. The van der Waals surface area contributed by atoms with Crippen LogP contribution in [0.25, 0.3) is 0 Å². The lowest BCUT2D eigenvalue weighted by atomic mass is 10.0. The Kier molecular flexibility index (Phi) is 48.1. The van der Waals surface area contributed by atoms with Gasteiger partial charge in [-0.3, -0.25) is 9.59 Å². The maximum Gasteiger partial charge on any atom is 0.305 e. The zero-order valence-corrected chi connectivity index (χ0v) is 39.9. The van der Waals surface area contributed by atoms with E-state index in [0.29, 0.717) is 25.9 Å². The molecule has 0 aromatic carbocycles. The molecule has 0 bridgehead atoms. The fourth-order valence-corrected chi connectivity index (χ4v) is 7.83. The SMILES string of the molecule is CCCC/C=C\C/C=C\CCCCCCCC(=O)OCCCCCCCC/C=C\CCCCCC(=O)NC(CO)C(O)CCCCCCCCCCCCCCCCCC. The number of esters is 1. The molecule has 2 unspecified atom stereocenters. The Hall–Kier alpha value is -1.92. The molecule has 0 radical (unpaired) electrons. The van der Waals surface area contributed by atoms with Crippen LogP contribution in [0.3, 0.4) is 0 Å². The van der Waals surface area contributed by atoms with E-state index in [4.69, 9.17) is 4.74 Å². The number of ether oxygens (including phenoxy) is 1. The minimum absolute atomic E-state index is 0.0275. The van der Waals surface area contributed by atoms with E-state index in [1.165, 1.54) is 154 Å². The van der Waals surface area contributed by atoms with Crippen molar-refractivity contribution in [3.05, 3.63) is 36.5 Å². The van der Waals surface area contributed by atoms with Gasteiger partial charge in [0.05, 0.1) is 25.4 Å². The van der Waals surface area contributed by atoms with Gasteiger partial charge in [-0.05, 0) is 77.0 Å². The van der Waals surface area contributed by atoms with Gasteiger partial charge in [-0.2, -0.15) is 0 Å². The summed E-state index contributed by atoms with van der Waals surface area (Å²) in [6, 6.07) is -0.563. The number of nitrogens with one attached hydrogen (secondary N) is 1. The first-order valence-electron chi connectivity index (χ1n) is 26.2. The summed E-state index contributed by atoms with van der Waals surface area (Å²) in [5, 5.41) is 23.2. The smallest absolute Gasteiger partial charge is 0.305 e. The lowest BCUT2D eigenvalue weighted by Gasteiger charge is -2.22. The molecule has 0 fully saturated rings. The molecule has 0 saturated heterocycles. The van der Waals surface area contributed by atoms with Crippen LogP contribution in [-0.2, 0) is 14.3 Å². The van der Waals surface area contributed by atoms with Crippen molar-refractivity contribution in [3.8, 4) is 0 Å². The van der Waals surface area contributed by atoms with Crippen LogP contribution in [0.15, 0.2) is 36.5 Å². The van der Waals surface area contributed by atoms with Crippen LogP contribution in [0.5, 0.6) is 0 Å². The average Bonchev–Trinajstić information content (AvgIpc) is 3.25. The van der Waals surface area contributed by atoms with E-state index < -0.39 is 12.1 Å². The second-order valence-electron chi connectivity index (χ2n) is 17.8. The van der Waals surface area contributed by atoms with Crippen molar-refractivity contribution in [2.75, 3.05) is 13.2 Å². The van der Waals surface area contributed by atoms with Gasteiger partial charge >= 0.3 is 5.97 Å². The monoisotopic (exact) mass is 844 g/mol. The van der Waals surface area contributed by atoms with Crippen LogP contribution in [-0.4, -0.2) is 47.4 Å². The molecule has 0 aromatic rings. The van der Waals surface area contributed by atoms with Crippen molar-refractivity contribution >= 4 is 11.9 Å². The number of carbonyl (C=O) groups is 2. The van der Waals surface area contributed by atoms with E-state index in [1.807, 2.05) is 0 Å². The molecule has 0 aromatic heterocycles. The predicted molar refractivity (Wildman–Crippen MR) is 259 cm³/mol. The fourth-order valence-electron chi connectivity index (χ4n) is 7.83. The zero-order valence-electron chi connectivity index (χ0n) is 39.9. The van der Waals surface area contributed by atoms with Crippen molar-refractivity contribution in [1.82, 2.24) is 5.32 Å². The summed E-state index contributed by atoms with van der Waals surface area (Å²) >= 11 is 0. The Morgan fingerprint density at radius 1 is 0.467 bits per heavy atom. The third-order valence-electron chi connectivity index (χ3n) is 11.9. The number of amides is 1. The first kappa shape index (κ1) is 58.1. The van der Waals surface area contributed by atoms with Gasteiger partial charge in [-0.25, -0.2) is 0 Å². The van der Waals surface area contributed by atoms with Gasteiger partial charge < -0.3 is 20.3 Å². The maximum atomic E-state index is 12.4. The van der Waals surface area contributed by atoms with E-state index in [2.05, 4.69) is 55.6 Å². The molecule has 6 nitrogen and oxygen atoms in total. The average molecular weight is 844 g/mol. The highest BCUT2D eigenvalue weighted by molar-refractivity contribution is 5.76. The topological polar surface area (TPSA) is 95.9 Å². The second kappa shape index (κ2) is 49.7. The Labute approximate surface area is 373 Å². The molecule has 1 amide bonds. The Balaban J connectivity index is 3.52. The number of rotatable bonds is 48. The van der Waals surface area contributed by atoms with Gasteiger partial charge in [0.1, 0.15) is 0 Å². The molecule has 0 saturated carbocycles. The molecule has 3 N–H and O–H groups in total. The van der Waals surface area contributed by atoms with Crippen LogP contribution < -0.4 is 5.32 Å². The lowest BCUT2D eigenvalue weighted by molar-refractivity contribution is -0.143. The van der Waals surface area contributed by atoms with E-state index >= 15 is 0 Å². The lowest BCUT2D eigenvalue weighted by Crippen LogP contribution is -2.45. The van der Waals surface area contributed by atoms with Crippen molar-refractivity contribution in [3.63, 3.8) is 0 Å². The van der Waals surface area contributed by atoms with Crippen molar-refractivity contribution in [1.29, 1.82) is 0 Å². The Morgan fingerprint density at radius 3 is 1.35 bits per heavy atom. The highest BCUT2D eigenvalue weighted by atomic mass is 16.5. The van der Waals surface area contributed by atoms with E-state index in [0.717, 1.165) is 83.5 Å². The third kappa shape index (κ3) is 45.6. The second-order valence-corrected chi connectivity index (χ2v) is 17.8. The van der Waals surface area contributed by atoms with E-state index in [1.54, 1.807) is 0 Å². The fraction of sp³-hybridized carbons (Fsp3) is 0.852. The molecular formula is C54H101NO5. The van der Waals surface area contributed by atoms with Crippen LogP contribution in [0, 0.1) is 0 Å². The number of allylic oxidation sites excluding steroid dienone is 6. The quantitative estimate of drug-likeness (QED) is 0.0322. The molecule has 0 spiro atoms. The summed E-state index contributed by atoms with van der Waals surface area (Å²) in [5.74, 6) is -0.0930. The van der Waals surface area contributed by atoms with E-state index in [-0.39, 0.29) is 18.5 Å². The van der Waals surface area contributed by atoms with Gasteiger partial charge in [0.15, 0.2) is 0 Å². The van der Waals surface area contributed by atoms with Crippen LogP contribution >= 0.6 is 0 Å². The van der Waals surface area contributed by atoms with Crippen LogP contribution in [0.1, 0.15) is 271 Å². The Bertz CT molecular complexity index is 977. The van der Waals surface area contributed by atoms with Gasteiger partial charge in [-0.15, -0.1) is 0 Å². The number of aliphatic hydroxyl groups excluding tert-OH is 2. The van der Waals surface area contributed by atoms with Gasteiger partial charge in [0.25, 0.3) is 0 Å². The van der Waals surface area contributed by atoms with Gasteiger partial charge in [0.2, 0.25) is 5.91 Å². The summed E-state index contributed by atoms with van der Waals surface area (Å²) in [6.45, 7) is 4.86. The molecule has 352 valence electrons. The minimum atomic E-state index is -0.682. The third-order valence-corrected chi connectivity index (χ3v) is 11.9. The Morgan fingerprint density at radius 2 is 0.850 bits per heavy atom. The number of hydrogen-bond donors (Lipinski definition) is 3. The largest absolute Gasteiger partial charge is 0.466 e. The molecule has 2 atom stereocenters. The number of carbonyl (C=O) groups excluding carboxylic acids is 2. The molecule has 0 aliphatic carbocycles. The molecule has 6 heteroatoms. The standard InChI is InChI=1S/C54H101NO5/c1-3-5-7-9-11-13-15-17-19-20-22-26-30-34-38-42-46-52(57)51(50-56)55-53(58)47-43-39-35-31-27-23-21-25-29-33-37-41-45-49-60-54(59)48-44-40-36-32-28-24-18-16-14-12-10-8-6-4-2/h10,12,16,18,23,27,51-52,56-57H,3-9,11,13-15,17,19-22,24-26,28-50H2,1-2H3,(H,55,58)/b12-10-,18-16-,27-23-. The van der Waals surface area contributed by atoms with Crippen molar-refractivity contribution in [2.24, 2.45) is 0 Å². The first-order valence-corrected chi connectivity index (χ1v) is 26.2. The maximum absolute atomic E-state index is 12.4. The molecule has 0 aliphatic rings. The summed E-state index contributed by atoms with van der Waals surface area (Å²) in [7, 11) is 0. The van der Waals surface area contributed by atoms with E-state index in [9.17, 15) is 19.8 Å². The zero-order chi connectivity index (χ0) is 43.7. The molecule has 0 heterocycles. The summed E-state index contributed by atoms with van der Waals surface area (Å²) in [6.07, 6.45) is 59.7. The predicted octanol–water partition coefficient (Wildman–Crippen LogP) is 15.7. The first-order chi connectivity index (χ1) is 29.5. The summed E-state index contributed by atoms with van der Waals surface area (Å²) < 4.78 is 5.44. The highest BCUT2D eigenvalue weighted by Gasteiger charge is 2.20. The molecular weight excluding hydrogens is 743 g/mol. The summed E-state index contributed by atoms with van der Waals surface area (Å²) in [4.78, 5) is 24.5. The minimum Gasteiger partial charge on any atom is -0.466 e. The van der Waals surface area contributed by atoms with Crippen LogP contribution in [0.4, 0.5) is 0 Å². The number of hydrogen-bond acceptors (Lipinski definition) is 5. The van der Waals surface area contributed by atoms with Crippen LogP contribution in [0.2, 0.25) is 0 Å². The highest BCUT2D eigenvalue weighted by Crippen LogP contribution is 2.16. The van der Waals surface area contributed by atoms with Crippen molar-refractivity contribution < 1.29 is 24.5 Å². The normalized spacial score (nSPS) is 12.9. The molecule has 0 rings (SSSR count). The number of aliphatic hydroxyl groups is 2. The van der Waals surface area contributed by atoms with Crippen molar-refractivity contribution in [2.45, 2.75) is 283 Å². The summed E-state index contributed by atoms with van der Waals surface area (Å²) in [5.41, 5.74) is 0. The molecule has 0 aliphatic heterocycles. The molecule has 60 heavy (non-hydrogen) atoms. The van der Waals surface area contributed by atoms with Gasteiger partial charge in [-0.1, -0.05) is 217 Å². The van der Waals surface area contributed by atoms with Gasteiger partial charge in [0, 0.05) is 12.8 Å².